The molecule has 0 saturated heterocycles. The molecule has 0 aromatic carbocycles. The Morgan fingerprint density at radius 3 is 2.03 bits per heavy atom. The van der Waals surface area contributed by atoms with E-state index < -0.39 is 41.1 Å². The van der Waals surface area contributed by atoms with Gasteiger partial charge in [0.25, 0.3) is 0 Å². The van der Waals surface area contributed by atoms with Gasteiger partial charge in [0.15, 0.2) is 6.04 Å². The summed E-state index contributed by atoms with van der Waals surface area (Å²) in [5, 5.41) is 0. The molecule has 3 rings (SSSR count). The van der Waals surface area contributed by atoms with Gasteiger partial charge in [-0.25, -0.2) is 24.2 Å². The summed E-state index contributed by atoms with van der Waals surface area (Å²) in [6.07, 6.45) is 7.81. The van der Waals surface area contributed by atoms with E-state index in [0.29, 0.717) is 11.4 Å². The minimum absolute atomic E-state index is 0.215. The minimum Gasteiger partial charge on any atom is -0.467 e. The highest BCUT2D eigenvalue weighted by Gasteiger charge is 2.44. The molecule has 1 aromatic rings. The lowest BCUT2D eigenvalue weighted by Crippen LogP contribution is -2.30. The van der Waals surface area contributed by atoms with E-state index in [1.165, 1.54) is 10.9 Å². The molecular formula is C20H18N2O8. The molecule has 1 aliphatic heterocycles. The van der Waals surface area contributed by atoms with Crippen LogP contribution < -0.4 is 0 Å². The highest BCUT2D eigenvalue weighted by atomic mass is 16.5. The number of aromatic nitrogens is 2. The van der Waals surface area contributed by atoms with Crippen molar-refractivity contribution >= 4 is 35.5 Å². The summed E-state index contributed by atoms with van der Waals surface area (Å²) >= 11 is 0. The van der Waals surface area contributed by atoms with Crippen molar-refractivity contribution in [2.24, 2.45) is 0 Å². The molecular weight excluding hydrogens is 396 g/mol. The first-order chi connectivity index (χ1) is 14.4. The summed E-state index contributed by atoms with van der Waals surface area (Å²) in [4.78, 5) is 55.5. The van der Waals surface area contributed by atoms with Crippen molar-refractivity contribution in [1.82, 2.24) is 9.55 Å². The largest absolute Gasteiger partial charge is 0.467 e. The quantitative estimate of drug-likeness (QED) is 0.519. The molecule has 1 aromatic heterocycles. The molecule has 1 aliphatic carbocycles. The molecule has 0 N–H and O–H groups in total. The fourth-order valence-electron chi connectivity index (χ4n) is 3.39. The van der Waals surface area contributed by atoms with Crippen LogP contribution in [0.15, 0.2) is 41.3 Å². The van der Waals surface area contributed by atoms with Crippen molar-refractivity contribution in [2.45, 2.75) is 6.04 Å². The fourth-order valence-corrected chi connectivity index (χ4v) is 3.39. The molecule has 0 radical (unpaired) electrons. The minimum atomic E-state index is -1.47. The molecule has 0 bridgehead atoms. The van der Waals surface area contributed by atoms with E-state index in [9.17, 15) is 19.2 Å². The average Bonchev–Trinajstić information content (AvgIpc) is 2.99. The maximum atomic E-state index is 12.8. The van der Waals surface area contributed by atoms with Crippen LogP contribution in [0.3, 0.4) is 0 Å². The number of hydrogen-bond donors (Lipinski definition) is 0. The zero-order chi connectivity index (χ0) is 22.0. The fraction of sp³-hybridized carbons (Fsp3) is 0.250. The molecule has 0 amide bonds. The predicted octanol–water partition coefficient (Wildman–Crippen LogP) is 0.763. The summed E-state index contributed by atoms with van der Waals surface area (Å²) in [7, 11) is 4.42. The summed E-state index contributed by atoms with van der Waals surface area (Å²) in [6.45, 7) is 0. The van der Waals surface area contributed by atoms with Gasteiger partial charge in [0.05, 0.1) is 62.9 Å². The van der Waals surface area contributed by atoms with Crippen LogP contribution in [0.2, 0.25) is 0 Å². The Hall–Kier alpha value is -3.95. The lowest BCUT2D eigenvalue weighted by Gasteiger charge is -2.20. The average molecular weight is 414 g/mol. The van der Waals surface area contributed by atoms with Crippen molar-refractivity contribution in [3.05, 3.63) is 52.7 Å². The second-order valence-electron chi connectivity index (χ2n) is 6.08. The lowest BCUT2D eigenvalue weighted by molar-refractivity contribution is -0.147. The third-order valence-electron chi connectivity index (χ3n) is 4.65. The maximum absolute atomic E-state index is 12.8. The molecule has 2 heterocycles. The standard InChI is InChI=1S/C20H18N2O8/c1-27-17(23)12-10-7-5-6-8-11-15(10)22(9-21-11)16(20(26)30-4)14(19(25)29-3)13(12)18(24)28-2/h5-9,16H,1-4H3. The zero-order valence-electron chi connectivity index (χ0n) is 16.6. The summed E-state index contributed by atoms with van der Waals surface area (Å²) in [6, 6.07) is -1.47. The molecule has 30 heavy (non-hydrogen) atoms. The van der Waals surface area contributed by atoms with Crippen molar-refractivity contribution in [2.75, 3.05) is 28.4 Å². The SMILES string of the molecule is COC(=O)C1=C2C=CC=Cc3ncn(c32)C(C(=O)OC)C(C(=O)OC)=C1C(=O)OC. The third kappa shape index (κ3) is 3.11. The molecule has 10 nitrogen and oxygen atoms in total. The molecule has 0 spiro atoms. The van der Waals surface area contributed by atoms with E-state index in [2.05, 4.69) is 4.98 Å². The number of hydrogen-bond acceptors (Lipinski definition) is 9. The highest BCUT2D eigenvalue weighted by molar-refractivity contribution is 6.18. The number of rotatable bonds is 4. The zero-order valence-corrected chi connectivity index (χ0v) is 16.6. The third-order valence-corrected chi connectivity index (χ3v) is 4.65. The van der Waals surface area contributed by atoms with Crippen LogP contribution in [0.4, 0.5) is 0 Å². The van der Waals surface area contributed by atoms with E-state index >= 15 is 0 Å². The first-order valence-electron chi connectivity index (χ1n) is 8.64. The van der Waals surface area contributed by atoms with Crippen molar-refractivity contribution in [3.8, 4) is 0 Å². The van der Waals surface area contributed by atoms with Crippen LogP contribution in [0.25, 0.3) is 11.6 Å². The van der Waals surface area contributed by atoms with Crippen LogP contribution >= 0.6 is 0 Å². The Labute approximate surface area is 171 Å². The Balaban J connectivity index is 2.58. The number of ether oxygens (including phenoxy) is 4. The number of esters is 4. The first kappa shape index (κ1) is 20.8. The van der Waals surface area contributed by atoms with Crippen molar-refractivity contribution in [3.63, 3.8) is 0 Å². The number of allylic oxidation sites excluding steroid dienone is 4. The number of methoxy groups -OCH3 is 4. The van der Waals surface area contributed by atoms with Crippen LogP contribution in [0, 0.1) is 0 Å². The van der Waals surface area contributed by atoms with Crippen molar-refractivity contribution < 1.29 is 38.1 Å². The van der Waals surface area contributed by atoms with Gasteiger partial charge in [-0.2, -0.15) is 0 Å². The number of carbonyl (C=O) groups is 4. The van der Waals surface area contributed by atoms with E-state index in [0.717, 1.165) is 28.4 Å². The van der Waals surface area contributed by atoms with Gasteiger partial charge in [-0.15, -0.1) is 0 Å². The summed E-state index contributed by atoms with van der Waals surface area (Å²) < 4.78 is 20.8. The van der Waals surface area contributed by atoms with Gasteiger partial charge in [0, 0.05) is 5.57 Å². The number of imidazole rings is 1. The Bertz CT molecular complexity index is 1070. The van der Waals surface area contributed by atoms with E-state index in [1.807, 2.05) is 0 Å². The number of nitrogens with zero attached hydrogens (tertiary/aromatic N) is 2. The second kappa shape index (κ2) is 8.19. The summed E-state index contributed by atoms with van der Waals surface area (Å²) in [5.74, 6) is -3.84. The Morgan fingerprint density at radius 1 is 0.833 bits per heavy atom. The second-order valence-corrected chi connectivity index (χ2v) is 6.08. The molecule has 1 unspecified atom stereocenters. The van der Waals surface area contributed by atoms with E-state index in [-0.39, 0.29) is 11.1 Å². The molecule has 10 heteroatoms. The highest BCUT2D eigenvalue weighted by Crippen LogP contribution is 2.41. The Morgan fingerprint density at radius 2 is 1.43 bits per heavy atom. The van der Waals surface area contributed by atoms with Crippen LogP contribution in [0.1, 0.15) is 17.4 Å². The Kier molecular flexibility index (Phi) is 5.67. The number of carbonyl (C=O) groups excluding carboxylic acids is 4. The van der Waals surface area contributed by atoms with E-state index in [1.54, 1.807) is 24.3 Å². The topological polar surface area (TPSA) is 123 Å². The van der Waals surface area contributed by atoms with Gasteiger partial charge >= 0.3 is 23.9 Å². The molecule has 156 valence electrons. The first-order valence-corrected chi connectivity index (χ1v) is 8.64. The van der Waals surface area contributed by atoms with Gasteiger partial charge in [0.2, 0.25) is 0 Å². The van der Waals surface area contributed by atoms with Crippen LogP contribution in [-0.4, -0.2) is 61.9 Å². The van der Waals surface area contributed by atoms with E-state index in [4.69, 9.17) is 18.9 Å². The van der Waals surface area contributed by atoms with Crippen molar-refractivity contribution in [1.29, 1.82) is 0 Å². The van der Waals surface area contributed by atoms with Gasteiger partial charge < -0.3 is 23.5 Å². The molecule has 1 atom stereocenters. The van der Waals surface area contributed by atoms with Gasteiger partial charge in [0.1, 0.15) is 0 Å². The van der Waals surface area contributed by atoms with Gasteiger partial charge in [-0.05, 0) is 6.08 Å². The molecule has 2 aliphatic rings. The maximum Gasteiger partial charge on any atom is 0.339 e. The van der Waals surface area contributed by atoms with Crippen LogP contribution in [-0.2, 0) is 38.1 Å². The predicted molar refractivity (Wildman–Crippen MR) is 101 cm³/mol. The van der Waals surface area contributed by atoms with Gasteiger partial charge in [-0.1, -0.05) is 18.2 Å². The monoisotopic (exact) mass is 414 g/mol. The normalized spacial score (nSPS) is 17.0. The smallest absolute Gasteiger partial charge is 0.339 e. The summed E-state index contributed by atoms with van der Waals surface area (Å²) in [5.41, 5.74) is -0.221. The van der Waals surface area contributed by atoms with Crippen LogP contribution in [0.5, 0.6) is 0 Å². The van der Waals surface area contributed by atoms with Gasteiger partial charge in [-0.3, -0.25) is 0 Å². The molecule has 0 fully saturated rings. The lowest BCUT2D eigenvalue weighted by atomic mass is 9.92. The molecule has 0 saturated carbocycles.